The Kier molecular flexibility index (Phi) is 3.71. The summed E-state index contributed by atoms with van der Waals surface area (Å²) in [7, 11) is 0. The van der Waals surface area contributed by atoms with E-state index in [4.69, 9.17) is 5.73 Å². The fourth-order valence-electron chi connectivity index (χ4n) is 1.38. The molecule has 0 heterocycles. The van der Waals surface area contributed by atoms with Crippen molar-refractivity contribution < 1.29 is 0 Å². The van der Waals surface area contributed by atoms with Gasteiger partial charge in [0.1, 0.15) is 0 Å². The number of aryl methyl sites for hydroxylation is 2. The molecule has 1 aromatic carbocycles. The van der Waals surface area contributed by atoms with Crippen LogP contribution in [0.15, 0.2) is 24.3 Å². The van der Waals surface area contributed by atoms with Crippen molar-refractivity contribution in [2.45, 2.75) is 20.3 Å². The van der Waals surface area contributed by atoms with E-state index in [2.05, 4.69) is 38.1 Å². The summed E-state index contributed by atoms with van der Waals surface area (Å²) >= 11 is 0. The first kappa shape index (κ1) is 10.0. The Morgan fingerprint density at radius 3 is 2.77 bits per heavy atom. The van der Waals surface area contributed by atoms with Crippen LogP contribution >= 0.6 is 0 Å². The van der Waals surface area contributed by atoms with Crippen molar-refractivity contribution in [3.05, 3.63) is 41.0 Å². The lowest BCUT2D eigenvalue weighted by Crippen LogP contribution is -1.92. The molecule has 1 nitrogen and oxygen atoms in total. The third-order valence-electron chi connectivity index (χ3n) is 2.20. The van der Waals surface area contributed by atoms with Crippen molar-refractivity contribution in [1.82, 2.24) is 0 Å². The third kappa shape index (κ3) is 2.71. The zero-order valence-electron chi connectivity index (χ0n) is 8.38. The first-order valence-corrected chi connectivity index (χ1v) is 4.74. The zero-order valence-corrected chi connectivity index (χ0v) is 8.38. The number of rotatable bonds is 3. The quantitative estimate of drug-likeness (QED) is 0.750. The fourth-order valence-corrected chi connectivity index (χ4v) is 1.38. The summed E-state index contributed by atoms with van der Waals surface area (Å²) in [6.07, 6.45) is 5.14. The van der Waals surface area contributed by atoms with Gasteiger partial charge in [-0.25, -0.2) is 0 Å². The van der Waals surface area contributed by atoms with Gasteiger partial charge in [0.25, 0.3) is 0 Å². The Bertz CT molecular complexity index is 300. The predicted octanol–water partition coefficient (Wildman–Crippen LogP) is 2.53. The molecule has 1 rings (SSSR count). The van der Waals surface area contributed by atoms with Crippen LogP contribution in [0.1, 0.15) is 23.6 Å². The maximum absolute atomic E-state index is 5.39. The van der Waals surface area contributed by atoms with E-state index in [1.165, 1.54) is 16.7 Å². The summed E-state index contributed by atoms with van der Waals surface area (Å²) in [5.74, 6) is 0. The lowest BCUT2D eigenvalue weighted by Gasteiger charge is -2.03. The monoisotopic (exact) mass is 175 g/mol. The third-order valence-corrected chi connectivity index (χ3v) is 2.20. The number of hydrogen-bond donors (Lipinski definition) is 1. The Morgan fingerprint density at radius 1 is 1.38 bits per heavy atom. The van der Waals surface area contributed by atoms with Gasteiger partial charge in [-0.2, -0.15) is 0 Å². The van der Waals surface area contributed by atoms with Gasteiger partial charge in [-0.1, -0.05) is 37.3 Å². The Hall–Kier alpha value is -1.08. The van der Waals surface area contributed by atoms with E-state index >= 15 is 0 Å². The summed E-state index contributed by atoms with van der Waals surface area (Å²) in [5, 5.41) is 0. The highest BCUT2D eigenvalue weighted by atomic mass is 14.5. The average molecular weight is 175 g/mol. The van der Waals surface area contributed by atoms with Gasteiger partial charge >= 0.3 is 0 Å². The molecule has 0 spiro atoms. The number of benzene rings is 1. The predicted molar refractivity (Wildman–Crippen MR) is 58.6 cm³/mol. The van der Waals surface area contributed by atoms with Crippen molar-refractivity contribution in [1.29, 1.82) is 0 Å². The second kappa shape index (κ2) is 4.83. The second-order valence-electron chi connectivity index (χ2n) is 3.18. The van der Waals surface area contributed by atoms with E-state index < -0.39 is 0 Å². The van der Waals surface area contributed by atoms with Crippen LogP contribution in [0.4, 0.5) is 0 Å². The molecule has 0 atom stereocenters. The number of hydrogen-bond acceptors (Lipinski definition) is 1. The molecule has 0 unspecified atom stereocenters. The van der Waals surface area contributed by atoms with Crippen LogP contribution in [-0.2, 0) is 6.42 Å². The van der Waals surface area contributed by atoms with Crippen molar-refractivity contribution >= 4 is 6.08 Å². The van der Waals surface area contributed by atoms with E-state index in [0.717, 1.165) is 6.42 Å². The summed E-state index contributed by atoms with van der Waals surface area (Å²) < 4.78 is 0. The molecular weight excluding hydrogens is 158 g/mol. The van der Waals surface area contributed by atoms with Crippen LogP contribution in [0.2, 0.25) is 0 Å². The van der Waals surface area contributed by atoms with Crippen LogP contribution in [0.25, 0.3) is 6.08 Å². The molecule has 0 aliphatic carbocycles. The SMILES string of the molecule is CCc1cc(/C=C/CN)ccc1C. The standard InChI is InChI=1S/C12H17N/c1-3-12-9-11(5-4-8-13)7-6-10(12)2/h4-7,9H,3,8,13H2,1-2H3/b5-4+. The topological polar surface area (TPSA) is 26.0 Å². The van der Waals surface area contributed by atoms with Gasteiger partial charge in [0.05, 0.1) is 0 Å². The molecule has 0 fully saturated rings. The van der Waals surface area contributed by atoms with Crippen molar-refractivity contribution in [3.8, 4) is 0 Å². The molecule has 0 saturated carbocycles. The van der Waals surface area contributed by atoms with Gasteiger partial charge < -0.3 is 5.73 Å². The van der Waals surface area contributed by atoms with Crippen LogP contribution in [-0.4, -0.2) is 6.54 Å². The van der Waals surface area contributed by atoms with Crippen LogP contribution in [0.5, 0.6) is 0 Å². The molecule has 0 aromatic heterocycles. The first-order valence-electron chi connectivity index (χ1n) is 4.74. The highest BCUT2D eigenvalue weighted by Gasteiger charge is 1.95. The normalized spacial score (nSPS) is 11.0. The molecule has 1 aromatic rings. The van der Waals surface area contributed by atoms with Gasteiger partial charge in [0.2, 0.25) is 0 Å². The minimum Gasteiger partial charge on any atom is -0.327 e. The summed E-state index contributed by atoms with van der Waals surface area (Å²) in [5.41, 5.74) is 9.42. The van der Waals surface area contributed by atoms with Gasteiger partial charge in [0, 0.05) is 6.54 Å². The minimum atomic E-state index is 0.606. The Balaban J connectivity index is 2.92. The molecule has 0 aliphatic rings. The summed E-state index contributed by atoms with van der Waals surface area (Å²) in [6, 6.07) is 6.51. The summed E-state index contributed by atoms with van der Waals surface area (Å²) in [4.78, 5) is 0. The van der Waals surface area contributed by atoms with Crippen molar-refractivity contribution in [2.75, 3.05) is 6.54 Å². The maximum atomic E-state index is 5.39. The average Bonchev–Trinajstić information content (AvgIpc) is 2.16. The van der Waals surface area contributed by atoms with E-state index in [1.54, 1.807) is 0 Å². The van der Waals surface area contributed by atoms with Crippen molar-refractivity contribution in [2.24, 2.45) is 5.73 Å². The van der Waals surface area contributed by atoms with E-state index in [1.807, 2.05) is 6.08 Å². The lowest BCUT2D eigenvalue weighted by molar-refractivity contribution is 1.11. The Labute approximate surface area is 80.3 Å². The largest absolute Gasteiger partial charge is 0.327 e. The van der Waals surface area contributed by atoms with Crippen LogP contribution in [0.3, 0.4) is 0 Å². The van der Waals surface area contributed by atoms with Gasteiger partial charge in [-0.3, -0.25) is 0 Å². The molecule has 0 aliphatic heterocycles. The molecule has 0 radical (unpaired) electrons. The highest BCUT2D eigenvalue weighted by molar-refractivity contribution is 5.51. The smallest absolute Gasteiger partial charge is 0.0110 e. The van der Waals surface area contributed by atoms with Crippen molar-refractivity contribution in [3.63, 3.8) is 0 Å². The fraction of sp³-hybridized carbons (Fsp3) is 0.333. The van der Waals surface area contributed by atoms with Gasteiger partial charge in [0.15, 0.2) is 0 Å². The molecule has 0 saturated heterocycles. The van der Waals surface area contributed by atoms with Crippen LogP contribution < -0.4 is 5.73 Å². The zero-order chi connectivity index (χ0) is 9.68. The molecule has 0 amide bonds. The molecule has 13 heavy (non-hydrogen) atoms. The lowest BCUT2D eigenvalue weighted by atomic mass is 10.0. The Morgan fingerprint density at radius 2 is 2.15 bits per heavy atom. The van der Waals surface area contributed by atoms with Crippen LogP contribution in [0, 0.1) is 6.92 Å². The molecule has 70 valence electrons. The molecular formula is C12H17N. The van der Waals surface area contributed by atoms with E-state index in [-0.39, 0.29) is 0 Å². The highest BCUT2D eigenvalue weighted by Crippen LogP contribution is 2.12. The van der Waals surface area contributed by atoms with E-state index in [0.29, 0.717) is 6.54 Å². The summed E-state index contributed by atoms with van der Waals surface area (Å²) in [6.45, 7) is 4.93. The number of nitrogens with two attached hydrogens (primary N) is 1. The first-order chi connectivity index (χ1) is 6.27. The van der Waals surface area contributed by atoms with E-state index in [9.17, 15) is 0 Å². The second-order valence-corrected chi connectivity index (χ2v) is 3.18. The molecule has 0 bridgehead atoms. The van der Waals surface area contributed by atoms with Gasteiger partial charge in [-0.15, -0.1) is 0 Å². The molecule has 2 N–H and O–H groups in total. The molecule has 1 heteroatoms. The minimum absolute atomic E-state index is 0.606. The maximum Gasteiger partial charge on any atom is 0.0110 e. The van der Waals surface area contributed by atoms with Gasteiger partial charge in [-0.05, 0) is 30.0 Å².